The van der Waals surface area contributed by atoms with Crippen LogP contribution in [0.25, 0.3) is 0 Å². The van der Waals surface area contributed by atoms with Crippen molar-refractivity contribution in [1.29, 1.82) is 0 Å². The first kappa shape index (κ1) is 10.9. The zero-order valence-corrected chi connectivity index (χ0v) is 9.56. The number of oxime groups is 1. The average Bonchev–Trinajstić information content (AvgIpc) is 2.33. The van der Waals surface area contributed by atoms with Crippen molar-refractivity contribution in [2.45, 2.75) is 26.2 Å². The maximum Gasteiger partial charge on any atom is 0.128 e. The molecular weight excluding hydrogens is 202 g/mol. The molecule has 1 aliphatic heterocycles. The van der Waals surface area contributed by atoms with Crippen LogP contribution in [-0.4, -0.2) is 29.5 Å². The first-order chi connectivity index (χ1) is 7.81. The van der Waals surface area contributed by atoms with Crippen LogP contribution < -0.4 is 4.90 Å². The smallest absolute Gasteiger partial charge is 0.128 e. The summed E-state index contributed by atoms with van der Waals surface area (Å²) in [4.78, 5) is 6.72. The molecule has 16 heavy (non-hydrogen) atoms. The number of hydrogen-bond donors (Lipinski definition) is 1. The van der Waals surface area contributed by atoms with Crippen LogP contribution in [-0.2, 0) is 0 Å². The second kappa shape index (κ2) is 4.96. The minimum Gasteiger partial charge on any atom is -0.411 e. The molecule has 0 saturated carbocycles. The zero-order chi connectivity index (χ0) is 11.4. The lowest BCUT2D eigenvalue weighted by Gasteiger charge is -2.28. The first-order valence-corrected chi connectivity index (χ1v) is 5.70. The third-order valence-corrected chi connectivity index (χ3v) is 3.01. The summed E-state index contributed by atoms with van der Waals surface area (Å²) in [5.74, 6) is 1.03. The summed E-state index contributed by atoms with van der Waals surface area (Å²) in [7, 11) is 0. The van der Waals surface area contributed by atoms with E-state index in [0.29, 0.717) is 0 Å². The predicted molar refractivity (Wildman–Crippen MR) is 64.4 cm³/mol. The Labute approximate surface area is 95.6 Å². The van der Waals surface area contributed by atoms with Crippen molar-refractivity contribution in [3.05, 3.63) is 23.4 Å². The summed E-state index contributed by atoms with van der Waals surface area (Å²) >= 11 is 0. The highest BCUT2D eigenvalue weighted by Gasteiger charge is 2.12. The van der Waals surface area contributed by atoms with E-state index in [2.05, 4.69) is 21.1 Å². The van der Waals surface area contributed by atoms with Crippen LogP contribution in [0.2, 0.25) is 0 Å². The lowest BCUT2D eigenvalue weighted by atomic mass is 10.1. The van der Waals surface area contributed by atoms with Gasteiger partial charge in [-0.15, -0.1) is 0 Å². The highest BCUT2D eigenvalue weighted by Crippen LogP contribution is 2.19. The number of aromatic nitrogens is 1. The molecule has 0 aromatic carbocycles. The third kappa shape index (κ3) is 2.32. The van der Waals surface area contributed by atoms with Crippen molar-refractivity contribution in [3.63, 3.8) is 0 Å². The normalized spacial score (nSPS) is 16.9. The SMILES string of the molecule is Cc1cc(N2CCCCC2)ncc1/C=N\O. The fourth-order valence-electron chi connectivity index (χ4n) is 2.05. The van der Waals surface area contributed by atoms with Crippen LogP contribution in [0.5, 0.6) is 0 Å². The minimum absolute atomic E-state index is 0.864. The quantitative estimate of drug-likeness (QED) is 0.471. The Hall–Kier alpha value is -1.58. The van der Waals surface area contributed by atoms with Crippen LogP contribution in [0.4, 0.5) is 5.82 Å². The minimum atomic E-state index is 0.864. The molecule has 1 aliphatic rings. The Morgan fingerprint density at radius 2 is 2.12 bits per heavy atom. The highest BCUT2D eigenvalue weighted by atomic mass is 16.4. The van der Waals surface area contributed by atoms with Crippen LogP contribution in [0, 0.1) is 6.92 Å². The van der Waals surface area contributed by atoms with Gasteiger partial charge >= 0.3 is 0 Å². The van der Waals surface area contributed by atoms with E-state index >= 15 is 0 Å². The molecule has 4 heteroatoms. The lowest BCUT2D eigenvalue weighted by molar-refractivity contribution is 0.322. The fraction of sp³-hybridized carbons (Fsp3) is 0.500. The molecule has 0 aliphatic carbocycles. The molecule has 1 saturated heterocycles. The lowest BCUT2D eigenvalue weighted by Crippen LogP contribution is -2.30. The zero-order valence-electron chi connectivity index (χ0n) is 9.56. The van der Waals surface area contributed by atoms with E-state index in [9.17, 15) is 0 Å². The van der Waals surface area contributed by atoms with Gasteiger partial charge in [-0.25, -0.2) is 4.98 Å². The molecule has 86 valence electrons. The van der Waals surface area contributed by atoms with Gasteiger partial charge in [0.2, 0.25) is 0 Å². The van der Waals surface area contributed by atoms with Crippen molar-refractivity contribution in [2.24, 2.45) is 5.16 Å². The van der Waals surface area contributed by atoms with Crippen molar-refractivity contribution in [3.8, 4) is 0 Å². The van der Waals surface area contributed by atoms with E-state index in [4.69, 9.17) is 5.21 Å². The molecule has 1 fully saturated rings. The molecule has 1 N–H and O–H groups in total. The van der Waals surface area contributed by atoms with E-state index in [0.717, 1.165) is 30.0 Å². The number of anilines is 1. The van der Waals surface area contributed by atoms with E-state index in [-0.39, 0.29) is 0 Å². The van der Waals surface area contributed by atoms with Gasteiger partial charge in [0, 0.05) is 24.8 Å². The fourth-order valence-corrected chi connectivity index (χ4v) is 2.05. The van der Waals surface area contributed by atoms with Gasteiger partial charge in [0.15, 0.2) is 0 Å². The summed E-state index contributed by atoms with van der Waals surface area (Å²) in [6, 6.07) is 2.06. The molecule has 2 rings (SSSR count). The van der Waals surface area contributed by atoms with Gasteiger partial charge in [-0.3, -0.25) is 0 Å². The molecular formula is C12H17N3O. The van der Waals surface area contributed by atoms with E-state index < -0.39 is 0 Å². The van der Waals surface area contributed by atoms with Crippen LogP contribution >= 0.6 is 0 Å². The summed E-state index contributed by atoms with van der Waals surface area (Å²) in [5.41, 5.74) is 1.96. The summed E-state index contributed by atoms with van der Waals surface area (Å²) < 4.78 is 0. The second-order valence-electron chi connectivity index (χ2n) is 4.19. The number of piperidine rings is 1. The number of hydrogen-bond acceptors (Lipinski definition) is 4. The summed E-state index contributed by atoms with van der Waals surface area (Å²) in [5, 5.41) is 11.5. The molecule has 0 spiro atoms. The molecule has 1 aromatic rings. The van der Waals surface area contributed by atoms with E-state index in [1.54, 1.807) is 6.20 Å². The van der Waals surface area contributed by atoms with Crippen molar-refractivity contribution in [1.82, 2.24) is 4.98 Å². The highest BCUT2D eigenvalue weighted by molar-refractivity contribution is 5.81. The molecule has 4 nitrogen and oxygen atoms in total. The number of nitrogens with zero attached hydrogens (tertiary/aromatic N) is 3. The summed E-state index contributed by atoms with van der Waals surface area (Å²) in [6.45, 7) is 4.20. The van der Waals surface area contributed by atoms with Crippen LogP contribution in [0.1, 0.15) is 30.4 Å². The van der Waals surface area contributed by atoms with Gasteiger partial charge in [0.25, 0.3) is 0 Å². The average molecular weight is 219 g/mol. The van der Waals surface area contributed by atoms with Crippen LogP contribution in [0.15, 0.2) is 17.4 Å². The molecule has 0 radical (unpaired) electrons. The van der Waals surface area contributed by atoms with Gasteiger partial charge < -0.3 is 10.1 Å². The van der Waals surface area contributed by atoms with Crippen molar-refractivity contribution >= 4 is 12.0 Å². The largest absolute Gasteiger partial charge is 0.411 e. The summed E-state index contributed by atoms with van der Waals surface area (Å²) in [6.07, 6.45) is 7.01. The number of aryl methyl sites for hydroxylation is 1. The van der Waals surface area contributed by atoms with Gasteiger partial charge in [0.1, 0.15) is 5.82 Å². The van der Waals surface area contributed by atoms with Gasteiger partial charge in [-0.1, -0.05) is 5.16 Å². The van der Waals surface area contributed by atoms with Crippen molar-refractivity contribution < 1.29 is 5.21 Å². The maximum atomic E-state index is 8.49. The van der Waals surface area contributed by atoms with Gasteiger partial charge in [-0.05, 0) is 37.8 Å². The Kier molecular flexibility index (Phi) is 3.39. The molecule has 0 atom stereocenters. The molecule has 1 aromatic heterocycles. The van der Waals surface area contributed by atoms with Crippen LogP contribution in [0.3, 0.4) is 0 Å². The third-order valence-electron chi connectivity index (χ3n) is 3.01. The second-order valence-corrected chi connectivity index (χ2v) is 4.19. The maximum absolute atomic E-state index is 8.49. The van der Waals surface area contributed by atoms with Crippen molar-refractivity contribution in [2.75, 3.05) is 18.0 Å². The Morgan fingerprint density at radius 1 is 1.38 bits per heavy atom. The van der Waals surface area contributed by atoms with E-state index in [1.165, 1.54) is 25.5 Å². The monoisotopic (exact) mass is 219 g/mol. The molecule has 2 heterocycles. The molecule has 0 amide bonds. The topological polar surface area (TPSA) is 48.7 Å². The van der Waals surface area contributed by atoms with Gasteiger partial charge in [-0.2, -0.15) is 0 Å². The Morgan fingerprint density at radius 3 is 2.75 bits per heavy atom. The Bertz CT molecular complexity index is 384. The van der Waals surface area contributed by atoms with E-state index in [1.807, 2.05) is 6.92 Å². The predicted octanol–water partition coefficient (Wildman–Crippen LogP) is 2.19. The molecule has 0 unspecified atom stereocenters. The standard InChI is InChI=1S/C12H17N3O/c1-10-7-12(13-8-11(10)9-14-16)15-5-3-2-4-6-15/h7-9,16H,2-6H2,1H3/b14-9-. The number of pyridine rings is 1. The first-order valence-electron chi connectivity index (χ1n) is 5.70. The number of rotatable bonds is 2. The molecule has 0 bridgehead atoms. The van der Waals surface area contributed by atoms with Gasteiger partial charge in [0.05, 0.1) is 6.21 Å². The Balaban J connectivity index is 2.19.